The SMILES string of the molecule is O=C(c1ccccc1Cl)N1CCC(Cc2n[nH]c(=O)n2-c2cccs2)CC1. The Hall–Kier alpha value is -2.38. The van der Waals surface area contributed by atoms with Crippen molar-refractivity contribution in [2.45, 2.75) is 19.3 Å². The van der Waals surface area contributed by atoms with Crippen LogP contribution in [0.4, 0.5) is 0 Å². The van der Waals surface area contributed by atoms with Crippen LogP contribution in [0.5, 0.6) is 0 Å². The Bertz CT molecular complexity index is 987. The van der Waals surface area contributed by atoms with Gasteiger partial charge in [0.15, 0.2) is 0 Å². The van der Waals surface area contributed by atoms with E-state index in [1.165, 1.54) is 11.3 Å². The van der Waals surface area contributed by atoms with Gasteiger partial charge < -0.3 is 4.90 Å². The summed E-state index contributed by atoms with van der Waals surface area (Å²) >= 11 is 7.66. The fourth-order valence-electron chi connectivity index (χ4n) is 3.49. The van der Waals surface area contributed by atoms with Gasteiger partial charge in [-0.05, 0) is 48.4 Å². The third-order valence-electron chi connectivity index (χ3n) is 4.95. The molecule has 2 aromatic heterocycles. The van der Waals surface area contributed by atoms with E-state index >= 15 is 0 Å². The fraction of sp³-hybridized carbons (Fsp3) is 0.316. The summed E-state index contributed by atoms with van der Waals surface area (Å²) in [5.74, 6) is 1.11. The number of hydrogen-bond donors (Lipinski definition) is 1. The molecule has 3 heterocycles. The van der Waals surface area contributed by atoms with Crippen LogP contribution in [0, 0.1) is 5.92 Å². The first-order chi connectivity index (χ1) is 13.1. The molecule has 1 saturated heterocycles. The van der Waals surface area contributed by atoms with Crippen LogP contribution < -0.4 is 5.69 Å². The van der Waals surface area contributed by atoms with Crippen molar-refractivity contribution in [3.05, 3.63) is 68.7 Å². The summed E-state index contributed by atoms with van der Waals surface area (Å²) in [6, 6.07) is 11.0. The van der Waals surface area contributed by atoms with Gasteiger partial charge in [0.1, 0.15) is 10.8 Å². The Balaban J connectivity index is 1.42. The summed E-state index contributed by atoms with van der Waals surface area (Å²) < 4.78 is 1.64. The molecule has 1 amide bonds. The Morgan fingerprint density at radius 2 is 2.00 bits per heavy atom. The Kier molecular flexibility index (Phi) is 5.13. The second kappa shape index (κ2) is 7.70. The highest BCUT2D eigenvalue weighted by atomic mass is 35.5. The average Bonchev–Trinajstić information content (AvgIpc) is 3.32. The third-order valence-corrected chi connectivity index (χ3v) is 6.13. The van der Waals surface area contributed by atoms with Gasteiger partial charge in [-0.1, -0.05) is 23.7 Å². The number of halogens is 1. The van der Waals surface area contributed by atoms with Gasteiger partial charge in [0.25, 0.3) is 5.91 Å². The van der Waals surface area contributed by atoms with Crippen LogP contribution in [0.3, 0.4) is 0 Å². The number of thiophene rings is 1. The van der Waals surface area contributed by atoms with Gasteiger partial charge in [0, 0.05) is 19.5 Å². The maximum atomic E-state index is 12.7. The summed E-state index contributed by atoms with van der Waals surface area (Å²) in [5.41, 5.74) is 0.343. The lowest BCUT2D eigenvalue weighted by atomic mass is 9.93. The lowest BCUT2D eigenvalue weighted by molar-refractivity contribution is 0.0690. The second-order valence-corrected chi connectivity index (χ2v) is 7.98. The predicted octanol–water partition coefficient (Wildman–Crippen LogP) is 3.37. The molecule has 0 spiro atoms. The van der Waals surface area contributed by atoms with E-state index in [1.54, 1.807) is 16.7 Å². The number of aromatic amines is 1. The van der Waals surface area contributed by atoms with Crippen molar-refractivity contribution in [1.29, 1.82) is 0 Å². The molecule has 3 aromatic rings. The molecule has 8 heteroatoms. The Labute approximate surface area is 165 Å². The highest BCUT2D eigenvalue weighted by molar-refractivity contribution is 7.12. The highest BCUT2D eigenvalue weighted by Gasteiger charge is 2.26. The molecule has 1 aliphatic rings. The van der Waals surface area contributed by atoms with Crippen LogP contribution in [0.15, 0.2) is 46.6 Å². The monoisotopic (exact) mass is 402 g/mol. The van der Waals surface area contributed by atoms with Crippen molar-refractivity contribution in [3.8, 4) is 5.00 Å². The minimum Gasteiger partial charge on any atom is -0.339 e. The summed E-state index contributed by atoms with van der Waals surface area (Å²) in [6.45, 7) is 1.37. The predicted molar refractivity (Wildman–Crippen MR) is 106 cm³/mol. The van der Waals surface area contributed by atoms with E-state index in [1.807, 2.05) is 34.5 Å². The lowest BCUT2D eigenvalue weighted by Crippen LogP contribution is -2.39. The molecule has 1 aliphatic heterocycles. The number of piperidine rings is 1. The van der Waals surface area contributed by atoms with E-state index in [4.69, 9.17) is 11.6 Å². The molecule has 0 radical (unpaired) electrons. The number of nitrogens with one attached hydrogen (secondary N) is 1. The lowest BCUT2D eigenvalue weighted by Gasteiger charge is -2.32. The number of carbonyl (C=O) groups is 1. The van der Waals surface area contributed by atoms with Crippen molar-refractivity contribution in [2.24, 2.45) is 5.92 Å². The van der Waals surface area contributed by atoms with Crippen molar-refractivity contribution < 1.29 is 4.79 Å². The van der Waals surface area contributed by atoms with Crippen molar-refractivity contribution in [3.63, 3.8) is 0 Å². The smallest absolute Gasteiger partial charge is 0.339 e. The van der Waals surface area contributed by atoms with Gasteiger partial charge in [0.2, 0.25) is 0 Å². The van der Waals surface area contributed by atoms with E-state index in [0.29, 0.717) is 36.0 Å². The molecule has 0 unspecified atom stereocenters. The van der Waals surface area contributed by atoms with E-state index in [2.05, 4.69) is 10.2 Å². The molecule has 27 heavy (non-hydrogen) atoms. The topological polar surface area (TPSA) is 71.0 Å². The van der Waals surface area contributed by atoms with Crippen molar-refractivity contribution in [2.75, 3.05) is 13.1 Å². The van der Waals surface area contributed by atoms with Gasteiger partial charge in [-0.25, -0.2) is 14.5 Å². The van der Waals surface area contributed by atoms with E-state index in [-0.39, 0.29) is 11.6 Å². The molecule has 0 bridgehead atoms. The Morgan fingerprint density at radius 1 is 1.22 bits per heavy atom. The number of benzene rings is 1. The number of likely N-dealkylation sites (tertiary alicyclic amines) is 1. The number of nitrogens with zero attached hydrogens (tertiary/aromatic N) is 3. The molecule has 0 aliphatic carbocycles. The van der Waals surface area contributed by atoms with E-state index < -0.39 is 0 Å². The molecule has 1 N–H and O–H groups in total. The standard InChI is InChI=1S/C19H19ClN4O2S/c20-15-5-2-1-4-14(15)18(25)23-9-7-13(8-10-23)12-16-21-22-19(26)24(16)17-6-3-11-27-17/h1-6,11,13H,7-10,12H2,(H,22,26). The van der Waals surface area contributed by atoms with Crippen LogP contribution in [-0.4, -0.2) is 38.7 Å². The molecule has 4 rings (SSSR count). The number of aromatic nitrogens is 3. The minimum absolute atomic E-state index is 0.0192. The molecule has 1 aromatic carbocycles. The van der Waals surface area contributed by atoms with Crippen LogP contribution in [-0.2, 0) is 6.42 Å². The summed E-state index contributed by atoms with van der Waals surface area (Å²) in [4.78, 5) is 26.6. The molecule has 0 saturated carbocycles. The minimum atomic E-state index is -0.209. The highest BCUT2D eigenvalue weighted by Crippen LogP contribution is 2.25. The molecule has 140 valence electrons. The van der Waals surface area contributed by atoms with E-state index in [9.17, 15) is 9.59 Å². The van der Waals surface area contributed by atoms with E-state index in [0.717, 1.165) is 23.7 Å². The molecule has 6 nitrogen and oxygen atoms in total. The maximum absolute atomic E-state index is 12.7. The average molecular weight is 403 g/mol. The first kappa shape index (κ1) is 18.0. The van der Waals surface area contributed by atoms with Crippen molar-refractivity contribution >= 4 is 28.8 Å². The zero-order valence-corrected chi connectivity index (χ0v) is 16.2. The molecule has 0 atom stereocenters. The number of hydrogen-bond acceptors (Lipinski definition) is 4. The van der Waals surface area contributed by atoms with Gasteiger partial charge in [0.05, 0.1) is 10.6 Å². The van der Waals surface area contributed by atoms with Crippen LogP contribution in [0.1, 0.15) is 29.0 Å². The van der Waals surface area contributed by atoms with Gasteiger partial charge in [-0.2, -0.15) is 5.10 Å². The number of rotatable bonds is 4. The number of carbonyl (C=O) groups excluding carboxylic acids is 1. The number of amides is 1. The van der Waals surface area contributed by atoms with Crippen LogP contribution >= 0.6 is 22.9 Å². The molecular weight excluding hydrogens is 384 g/mol. The summed E-state index contributed by atoms with van der Waals surface area (Å²) in [6.07, 6.45) is 2.47. The Morgan fingerprint density at radius 3 is 2.70 bits per heavy atom. The first-order valence-corrected chi connectivity index (χ1v) is 10.1. The zero-order valence-electron chi connectivity index (χ0n) is 14.6. The summed E-state index contributed by atoms with van der Waals surface area (Å²) in [5, 5.41) is 10.1. The largest absolute Gasteiger partial charge is 0.348 e. The normalized spacial score (nSPS) is 15.2. The molecular formula is C19H19ClN4O2S. The van der Waals surface area contributed by atoms with Gasteiger partial charge in [-0.3, -0.25) is 4.79 Å². The summed E-state index contributed by atoms with van der Waals surface area (Å²) in [7, 11) is 0. The second-order valence-electron chi connectivity index (χ2n) is 6.65. The zero-order chi connectivity index (χ0) is 18.8. The van der Waals surface area contributed by atoms with Crippen LogP contribution in [0.2, 0.25) is 5.02 Å². The molecule has 1 fully saturated rings. The van der Waals surface area contributed by atoms with Crippen LogP contribution in [0.25, 0.3) is 5.00 Å². The van der Waals surface area contributed by atoms with Crippen molar-refractivity contribution in [1.82, 2.24) is 19.7 Å². The number of H-pyrrole nitrogens is 1. The van der Waals surface area contributed by atoms with Gasteiger partial charge >= 0.3 is 5.69 Å². The van der Waals surface area contributed by atoms with Gasteiger partial charge in [-0.15, -0.1) is 11.3 Å². The fourth-order valence-corrected chi connectivity index (χ4v) is 4.46. The quantitative estimate of drug-likeness (QED) is 0.727. The first-order valence-electron chi connectivity index (χ1n) is 8.87. The maximum Gasteiger partial charge on any atom is 0.348 e. The third kappa shape index (κ3) is 3.70.